The second-order valence-electron chi connectivity index (χ2n) is 2.04. The second kappa shape index (κ2) is 6.63. The van der Waals surface area contributed by atoms with Gasteiger partial charge in [-0.05, 0) is 20.2 Å². The number of rotatable bonds is 4. The summed E-state index contributed by atoms with van der Waals surface area (Å²) in [6.45, 7) is 2.34. The van der Waals surface area contributed by atoms with Gasteiger partial charge in [0.2, 0.25) is 0 Å². The zero-order valence-electron chi connectivity index (χ0n) is 6.61. The van der Waals surface area contributed by atoms with Gasteiger partial charge >= 0.3 is 0 Å². The van der Waals surface area contributed by atoms with Gasteiger partial charge in [-0.15, -0.1) is 35.7 Å². The highest BCUT2D eigenvalue weighted by atomic mass is 32.7. The fourth-order valence-electron chi connectivity index (χ4n) is 0.448. The van der Waals surface area contributed by atoms with Crippen LogP contribution in [0.2, 0.25) is 6.55 Å². The Morgan fingerprint density at radius 1 is 1.36 bits per heavy atom. The summed E-state index contributed by atoms with van der Waals surface area (Å²) in [6, 6.07) is 0. The summed E-state index contributed by atoms with van der Waals surface area (Å²) in [7, 11) is 13.0. The first-order valence-corrected chi connectivity index (χ1v) is 18.1. The molecule has 0 rings (SSSR count). The first-order valence-electron chi connectivity index (χ1n) is 2.85. The van der Waals surface area contributed by atoms with Gasteiger partial charge in [0, 0.05) is 7.11 Å². The van der Waals surface area contributed by atoms with E-state index in [9.17, 15) is 0 Å². The molecule has 0 aliphatic rings. The SMILES string of the molecule is CO[Si](C)(P(P)P)P(P)PP. The zero-order chi connectivity index (χ0) is 9.07. The normalized spacial score (nSPS) is 21.0. The van der Waals surface area contributed by atoms with Crippen molar-refractivity contribution >= 4 is 65.0 Å². The molecule has 0 spiro atoms. The minimum Gasteiger partial charge on any atom is -0.411 e. The summed E-state index contributed by atoms with van der Waals surface area (Å²) in [4.78, 5) is 0. The van der Waals surface area contributed by atoms with Crippen LogP contribution in [0.5, 0.6) is 0 Å². The van der Waals surface area contributed by atoms with E-state index in [4.69, 9.17) is 4.43 Å². The van der Waals surface area contributed by atoms with Crippen molar-refractivity contribution < 1.29 is 4.43 Å². The molecule has 0 aromatic carbocycles. The molecule has 0 radical (unpaired) electrons. The van der Waals surface area contributed by atoms with Crippen molar-refractivity contribution in [3.8, 4) is 0 Å². The van der Waals surface area contributed by atoms with Crippen LogP contribution in [0.25, 0.3) is 0 Å². The monoisotopic (exact) mass is 300 g/mol. The van der Waals surface area contributed by atoms with E-state index in [0.29, 0.717) is 0 Å². The highest BCUT2D eigenvalue weighted by molar-refractivity contribution is 8.82. The Morgan fingerprint density at radius 3 is 1.91 bits per heavy atom. The average molecular weight is 300 g/mol. The topological polar surface area (TPSA) is 9.23 Å². The molecule has 9 heteroatoms. The van der Waals surface area contributed by atoms with Gasteiger partial charge in [-0.25, -0.2) is 0 Å². The molecule has 0 bridgehead atoms. The van der Waals surface area contributed by atoms with E-state index in [1.165, 1.54) is 0 Å². The van der Waals surface area contributed by atoms with E-state index in [0.717, 1.165) is 7.96 Å². The molecule has 7 unspecified atom stereocenters. The molecular formula is C2H15OP7Si. The molecule has 1 nitrogen and oxygen atoms in total. The maximum atomic E-state index is 5.68. The summed E-state index contributed by atoms with van der Waals surface area (Å²) in [5.74, 6) is 0. The summed E-state index contributed by atoms with van der Waals surface area (Å²) >= 11 is 0. The molecule has 11 heavy (non-hydrogen) atoms. The Morgan fingerprint density at radius 2 is 1.82 bits per heavy atom. The molecule has 0 saturated carbocycles. The maximum Gasteiger partial charge on any atom is 0.255 e. The molecular weight excluding hydrogens is 285 g/mol. The fourth-order valence-corrected chi connectivity index (χ4v) is 50.1. The Kier molecular flexibility index (Phi) is 8.55. The van der Waals surface area contributed by atoms with E-state index in [-0.39, 0.29) is 13.7 Å². The molecule has 0 aliphatic carbocycles. The van der Waals surface area contributed by atoms with Crippen LogP contribution in [-0.2, 0) is 4.43 Å². The summed E-state index contributed by atoms with van der Waals surface area (Å²) in [5, 5.41) is 0. The molecule has 0 saturated heterocycles. The second-order valence-corrected chi connectivity index (χ2v) is 34.1. The third-order valence-corrected chi connectivity index (χ3v) is 50.6. The minimum absolute atomic E-state index is 0.0397. The van der Waals surface area contributed by atoms with Crippen molar-refractivity contribution in [2.24, 2.45) is 0 Å². The van der Waals surface area contributed by atoms with Gasteiger partial charge in [0.15, 0.2) is 0 Å². The lowest BCUT2D eigenvalue weighted by atomic mass is 11.8. The highest BCUT2D eigenvalue weighted by Gasteiger charge is 2.38. The van der Waals surface area contributed by atoms with Crippen LogP contribution in [0, 0.1) is 0 Å². The fraction of sp³-hybridized carbons (Fsp3) is 1.00. The molecule has 0 aromatic heterocycles. The largest absolute Gasteiger partial charge is 0.411 e. The smallest absolute Gasteiger partial charge is 0.255 e. The van der Waals surface area contributed by atoms with Gasteiger partial charge in [-0.3, -0.25) is 0 Å². The third kappa shape index (κ3) is 4.05. The van der Waals surface area contributed by atoms with Crippen molar-refractivity contribution in [3.63, 3.8) is 0 Å². The van der Waals surface area contributed by atoms with Gasteiger partial charge < -0.3 is 4.43 Å². The summed E-state index contributed by atoms with van der Waals surface area (Å²) in [5.41, 5.74) is 0. The van der Waals surface area contributed by atoms with Crippen LogP contribution in [0.4, 0.5) is 0 Å². The predicted molar refractivity (Wildman–Crippen MR) is 79.6 cm³/mol. The highest BCUT2D eigenvalue weighted by Crippen LogP contribution is 2.82. The molecule has 0 heterocycles. The lowest BCUT2D eigenvalue weighted by Gasteiger charge is -2.33. The molecule has 0 aromatic rings. The van der Waals surface area contributed by atoms with Crippen molar-refractivity contribution in [1.82, 2.24) is 0 Å². The van der Waals surface area contributed by atoms with E-state index in [2.05, 4.69) is 42.3 Å². The van der Waals surface area contributed by atoms with Gasteiger partial charge in [-0.2, -0.15) is 0 Å². The molecule has 68 valence electrons. The number of hydrogen-bond donors (Lipinski definition) is 0. The standard InChI is InChI=1S/C2H15OP7Si/c1-3-11(2,9(5)6)10(7)8-4/h8H,4-7H2,1-2H3. The average Bonchev–Trinajstić information content (AvgIpc) is 2.01. The number of hydrogen-bond acceptors (Lipinski definition) is 1. The van der Waals surface area contributed by atoms with E-state index in [1.54, 1.807) is 0 Å². The lowest BCUT2D eigenvalue weighted by molar-refractivity contribution is 0.434. The van der Waals surface area contributed by atoms with Crippen LogP contribution in [0.15, 0.2) is 0 Å². The van der Waals surface area contributed by atoms with Crippen LogP contribution in [-0.4, -0.2) is 14.8 Å². The molecule has 0 fully saturated rings. The van der Waals surface area contributed by atoms with E-state index < -0.39 is 7.65 Å². The van der Waals surface area contributed by atoms with Crippen LogP contribution in [0.1, 0.15) is 0 Å². The van der Waals surface area contributed by atoms with Crippen LogP contribution >= 0.6 is 57.4 Å². The zero-order valence-corrected chi connectivity index (χ0v) is 15.0. The van der Waals surface area contributed by atoms with Gasteiger partial charge in [-0.1, -0.05) is 7.96 Å². The quantitative estimate of drug-likeness (QED) is 0.565. The summed E-state index contributed by atoms with van der Waals surface area (Å²) < 4.78 is 5.68. The van der Waals surface area contributed by atoms with Crippen LogP contribution < -0.4 is 0 Å². The Labute approximate surface area is 83.1 Å². The molecule has 7 atom stereocenters. The van der Waals surface area contributed by atoms with Crippen molar-refractivity contribution in [2.45, 2.75) is 6.55 Å². The van der Waals surface area contributed by atoms with Crippen molar-refractivity contribution in [1.29, 1.82) is 0 Å². The van der Waals surface area contributed by atoms with Crippen LogP contribution in [0.3, 0.4) is 0 Å². The molecule has 0 aliphatic heterocycles. The molecule has 0 amide bonds. The maximum absolute atomic E-state index is 5.68. The van der Waals surface area contributed by atoms with E-state index >= 15 is 0 Å². The Hall–Kier alpha value is 3.19. The van der Waals surface area contributed by atoms with Gasteiger partial charge in [0.05, 0.1) is 0 Å². The predicted octanol–water partition coefficient (Wildman–Crippen LogP) is 3.92. The van der Waals surface area contributed by atoms with E-state index in [1.807, 2.05) is 7.11 Å². The summed E-state index contributed by atoms with van der Waals surface area (Å²) in [6.07, 6.45) is 0. The Bertz CT molecular complexity index is 121. The first-order chi connectivity index (χ1) is 4.99. The van der Waals surface area contributed by atoms with Crippen molar-refractivity contribution in [2.75, 3.05) is 7.11 Å². The lowest BCUT2D eigenvalue weighted by Crippen LogP contribution is -2.22. The van der Waals surface area contributed by atoms with Gasteiger partial charge in [0.25, 0.3) is 7.65 Å². The first kappa shape index (κ1) is 14.2. The Balaban J connectivity index is 4.32. The third-order valence-electron chi connectivity index (χ3n) is 1.45. The minimum atomic E-state index is -1.39. The van der Waals surface area contributed by atoms with Gasteiger partial charge in [0.1, 0.15) is 0 Å². The molecule has 0 N–H and O–H groups in total. The van der Waals surface area contributed by atoms with Crippen molar-refractivity contribution in [3.05, 3.63) is 0 Å².